The van der Waals surface area contributed by atoms with Gasteiger partial charge in [0.1, 0.15) is 18.3 Å². The molecule has 32 heavy (non-hydrogen) atoms. The fraction of sp³-hybridized carbons (Fsp3) is 0.792. The van der Waals surface area contributed by atoms with Gasteiger partial charge in [0.15, 0.2) is 5.78 Å². The van der Waals surface area contributed by atoms with Crippen LogP contribution in [0, 0.1) is 34.0 Å². The zero-order chi connectivity index (χ0) is 23.4. The third kappa shape index (κ3) is 2.31. The summed E-state index contributed by atoms with van der Waals surface area (Å²) in [5.41, 5.74) is -2.57. The molecule has 6 rings (SSSR count). The second-order valence-electron chi connectivity index (χ2n) is 11.2. The molecule has 6 fully saturated rings. The third-order valence-corrected chi connectivity index (χ3v) is 9.35. The number of carbonyl (C=O) groups is 3. The van der Waals surface area contributed by atoms with Crippen molar-refractivity contribution in [1.82, 2.24) is 0 Å². The van der Waals surface area contributed by atoms with E-state index < -0.39 is 64.1 Å². The minimum Gasteiger partial charge on any atom is -0.462 e. The molecule has 176 valence electrons. The summed E-state index contributed by atoms with van der Waals surface area (Å²) in [5, 5.41) is 23.6. The molecule has 0 radical (unpaired) electrons. The van der Waals surface area contributed by atoms with E-state index in [1.807, 2.05) is 13.8 Å². The molecule has 2 heterocycles. The molecule has 0 aromatic carbocycles. The highest BCUT2D eigenvalue weighted by Crippen LogP contribution is 2.77. The standard InChI is InChI=1S/C24H32O8/c1-11-14-8-15(31-12(2)25)17-22-10-30-24(29,23(17,9-14)19(11)27)20(28)18(22)21(4,5)7-6-16(22)32-13(3)26/h14-18,20,28-29H,1,6-10H2,2-5H3/t14-,15-,16+,17+,18-,20+,22+,23+,24+/m1/s1. The number of carbonyl (C=O) groups excluding carboxylic acids is 3. The van der Waals surface area contributed by atoms with Crippen molar-refractivity contribution in [3.63, 3.8) is 0 Å². The maximum absolute atomic E-state index is 13.8. The highest BCUT2D eigenvalue weighted by atomic mass is 16.6. The van der Waals surface area contributed by atoms with Gasteiger partial charge in [-0.25, -0.2) is 0 Å². The Bertz CT molecular complexity index is 925. The van der Waals surface area contributed by atoms with Gasteiger partial charge in [-0.2, -0.15) is 0 Å². The first kappa shape index (κ1) is 22.0. The van der Waals surface area contributed by atoms with Crippen LogP contribution in [0.15, 0.2) is 12.2 Å². The lowest BCUT2D eigenvalue weighted by Crippen LogP contribution is -2.85. The molecule has 0 unspecified atom stereocenters. The Balaban J connectivity index is 1.80. The van der Waals surface area contributed by atoms with Crippen LogP contribution in [0.2, 0.25) is 0 Å². The number of fused-ring (bicyclic) bond motifs is 2. The van der Waals surface area contributed by atoms with E-state index in [0.717, 1.165) is 0 Å². The summed E-state index contributed by atoms with van der Waals surface area (Å²) in [6.07, 6.45) is -0.844. The van der Waals surface area contributed by atoms with Gasteiger partial charge in [0.25, 0.3) is 0 Å². The molecule has 4 bridgehead atoms. The van der Waals surface area contributed by atoms with Crippen LogP contribution in [0.1, 0.15) is 53.4 Å². The molecule has 0 aromatic rings. The molecule has 8 nitrogen and oxygen atoms in total. The predicted molar refractivity (Wildman–Crippen MR) is 110 cm³/mol. The zero-order valence-corrected chi connectivity index (χ0v) is 19.1. The van der Waals surface area contributed by atoms with Gasteiger partial charge in [0, 0.05) is 31.1 Å². The quantitative estimate of drug-likeness (QED) is 0.482. The van der Waals surface area contributed by atoms with Gasteiger partial charge in [0.2, 0.25) is 5.79 Å². The Morgan fingerprint density at radius 2 is 1.81 bits per heavy atom. The van der Waals surface area contributed by atoms with E-state index in [-0.39, 0.29) is 24.7 Å². The van der Waals surface area contributed by atoms with Crippen molar-refractivity contribution in [2.45, 2.75) is 77.5 Å². The van der Waals surface area contributed by atoms with E-state index in [2.05, 4.69) is 6.58 Å². The third-order valence-electron chi connectivity index (χ3n) is 9.35. The molecule has 4 aliphatic carbocycles. The molecular weight excluding hydrogens is 416 g/mol. The van der Waals surface area contributed by atoms with Crippen molar-refractivity contribution in [2.24, 2.45) is 34.0 Å². The summed E-state index contributed by atoms with van der Waals surface area (Å²) in [6.45, 7) is 10.7. The number of allylic oxidation sites excluding steroid dienone is 1. The summed E-state index contributed by atoms with van der Waals surface area (Å²) in [7, 11) is 0. The number of rotatable bonds is 2. The van der Waals surface area contributed by atoms with Crippen LogP contribution in [0.5, 0.6) is 0 Å². The molecule has 6 aliphatic rings. The lowest BCUT2D eigenvalue weighted by molar-refractivity contribution is -0.455. The second-order valence-corrected chi connectivity index (χ2v) is 11.2. The van der Waals surface area contributed by atoms with Crippen molar-refractivity contribution in [1.29, 1.82) is 0 Å². The topological polar surface area (TPSA) is 119 Å². The molecule has 4 saturated carbocycles. The molecule has 0 amide bonds. The number of ether oxygens (including phenoxy) is 3. The Morgan fingerprint density at radius 3 is 2.44 bits per heavy atom. The van der Waals surface area contributed by atoms with Crippen LogP contribution in [0.4, 0.5) is 0 Å². The average Bonchev–Trinajstić information content (AvgIpc) is 2.87. The summed E-state index contributed by atoms with van der Waals surface area (Å²) in [6, 6.07) is 0. The van der Waals surface area contributed by atoms with Crippen molar-refractivity contribution in [3.8, 4) is 0 Å². The number of hydrogen-bond acceptors (Lipinski definition) is 8. The fourth-order valence-electron chi connectivity index (χ4n) is 8.52. The fourth-order valence-corrected chi connectivity index (χ4v) is 8.52. The normalized spacial score (nSPS) is 50.4. The number of ketones is 1. The van der Waals surface area contributed by atoms with Crippen LogP contribution < -0.4 is 0 Å². The van der Waals surface area contributed by atoms with Crippen molar-refractivity contribution in [3.05, 3.63) is 12.2 Å². The SMILES string of the molecule is C=C1C(=O)[C@]23C[C@H]1C[C@@H](OC(C)=O)[C@H]2[C@@]12CO[C@@]3(O)[C@@H](O)[C@@H]1C(C)(C)CC[C@@H]2OC(C)=O. The maximum Gasteiger partial charge on any atom is 0.302 e. The van der Waals surface area contributed by atoms with Gasteiger partial charge in [-0.1, -0.05) is 20.4 Å². The zero-order valence-electron chi connectivity index (χ0n) is 19.1. The highest BCUT2D eigenvalue weighted by molar-refractivity contribution is 6.04. The molecular formula is C24H32O8. The highest BCUT2D eigenvalue weighted by Gasteiger charge is 2.86. The minimum absolute atomic E-state index is 0.00120. The van der Waals surface area contributed by atoms with Crippen LogP contribution in [-0.2, 0) is 28.6 Å². The van der Waals surface area contributed by atoms with Gasteiger partial charge in [-0.05, 0) is 42.6 Å². The minimum atomic E-state index is -2.13. The van der Waals surface area contributed by atoms with E-state index >= 15 is 0 Å². The Morgan fingerprint density at radius 1 is 1.16 bits per heavy atom. The van der Waals surface area contributed by atoms with Gasteiger partial charge in [0.05, 0.1) is 12.0 Å². The molecule has 9 atom stereocenters. The molecule has 8 heteroatoms. The number of esters is 2. The van der Waals surface area contributed by atoms with Gasteiger partial charge >= 0.3 is 11.9 Å². The molecule has 2 saturated heterocycles. The van der Waals surface area contributed by atoms with E-state index in [1.165, 1.54) is 13.8 Å². The van der Waals surface area contributed by atoms with Gasteiger partial charge in [-0.3, -0.25) is 14.4 Å². The Labute approximate surface area is 187 Å². The molecule has 2 aliphatic heterocycles. The Hall–Kier alpha value is -1.77. The maximum atomic E-state index is 13.8. The smallest absolute Gasteiger partial charge is 0.302 e. The number of hydrogen-bond donors (Lipinski definition) is 2. The van der Waals surface area contributed by atoms with Crippen LogP contribution in [-0.4, -0.2) is 58.6 Å². The van der Waals surface area contributed by atoms with E-state index in [1.54, 1.807) is 0 Å². The number of Topliss-reactive ketones (excluding diaryl/α,β-unsaturated/α-hetero) is 1. The molecule has 2 N–H and O–H groups in total. The van der Waals surface area contributed by atoms with Crippen molar-refractivity contribution in [2.75, 3.05) is 6.61 Å². The number of aliphatic hydroxyl groups is 2. The average molecular weight is 449 g/mol. The van der Waals surface area contributed by atoms with Crippen molar-refractivity contribution < 1.29 is 38.8 Å². The van der Waals surface area contributed by atoms with Crippen LogP contribution in [0.3, 0.4) is 0 Å². The first-order valence-electron chi connectivity index (χ1n) is 11.5. The predicted octanol–water partition coefficient (Wildman–Crippen LogP) is 1.52. The second kappa shape index (κ2) is 6.42. The largest absolute Gasteiger partial charge is 0.462 e. The first-order chi connectivity index (χ1) is 14.8. The number of aliphatic hydroxyl groups excluding tert-OH is 1. The van der Waals surface area contributed by atoms with Gasteiger partial charge < -0.3 is 24.4 Å². The van der Waals surface area contributed by atoms with Crippen LogP contribution in [0.25, 0.3) is 0 Å². The summed E-state index contributed by atoms with van der Waals surface area (Å²) < 4.78 is 17.7. The summed E-state index contributed by atoms with van der Waals surface area (Å²) in [4.78, 5) is 38.0. The Kier molecular flexibility index (Phi) is 4.42. The molecule has 0 aromatic heterocycles. The first-order valence-corrected chi connectivity index (χ1v) is 11.5. The van der Waals surface area contributed by atoms with Crippen molar-refractivity contribution >= 4 is 17.7 Å². The van der Waals surface area contributed by atoms with E-state index in [0.29, 0.717) is 24.8 Å². The lowest BCUT2D eigenvalue weighted by Gasteiger charge is -2.74. The summed E-state index contributed by atoms with van der Waals surface area (Å²) >= 11 is 0. The molecule has 2 spiro atoms. The van der Waals surface area contributed by atoms with E-state index in [4.69, 9.17) is 14.2 Å². The van der Waals surface area contributed by atoms with Gasteiger partial charge in [-0.15, -0.1) is 0 Å². The summed E-state index contributed by atoms with van der Waals surface area (Å²) in [5.74, 6) is -4.89. The van der Waals surface area contributed by atoms with Crippen LogP contribution >= 0.6 is 0 Å². The van der Waals surface area contributed by atoms with E-state index in [9.17, 15) is 24.6 Å². The monoisotopic (exact) mass is 448 g/mol. The lowest BCUT2D eigenvalue weighted by atomic mass is 9.35.